The molecular weight excluding hydrogens is 264 g/mol. The van der Waals surface area contributed by atoms with Crippen LogP contribution in [0.4, 0.5) is 20.2 Å². The van der Waals surface area contributed by atoms with Crippen LogP contribution >= 0.6 is 0 Å². The lowest BCUT2D eigenvalue weighted by atomic mass is 10.1. The first kappa shape index (κ1) is 14.7. The lowest BCUT2D eigenvalue weighted by Crippen LogP contribution is -2.13. The summed E-state index contributed by atoms with van der Waals surface area (Å²) in [5, 5.41) is 10.8. The van der Waals surface area contributed by atoms with Gasteiger partial charge in [0.15, 0.2) is 0 Å². The Bertz CT molecular complexity index is 508. The van der Waals surface area contributed by atoms with Crippen LogP contribution < -0.4 is 5.73 Å². The second-order valence-corrected chi connectivity index (χ2v) is 3.46. The molecule has 0 aliphatic carbocycles. The molecular formula is C10H11F2N3O4. The van der Waals surface area contributed by atoms with Gasteiger partial charge in [0.1, 0.15) is 11.4 Å². The van der Waals surface area contributed by atoms with E-state index < -0.39 is 40.7 Å². The Kier molecular flexibility index (Phi) is 4.67. The topological polar surface area (TPSA) is 108 Å². The molecule has 2 N–H and O–H groups in total. The average Bonchev–Trinajstić information content (AvgIpc) is 2.28. The average molecular weight is 275 g/mol. The van der Waals surface area contributed by atoms with Crippen LogP contribution in [0.1, 0.15) is 24.6 Å². The number of hydrogen-bond donors (Lipinski definition) is 1. The minimum atomic E-state index is -2.98. The lowest BCUT2D eigenvalue weighted by molar-refractivity contribution is -0.385. The van der Waals surface area contributed by atoms with Crippen LogP contribution in [0.15, 0.2) is 6.20 Å². The molecule has 0 bridgehead atoms. The summed E-state index contributed by atoms with van der Waals surface area (Å²) in [6.07, 6.45) is -2.76. The Morgan fingerprint density at radius 1 is 1.63 bits per heavy atom. The summed E-state index contributed by atoms with van der Waals surface area (Å²) in [7, 11) is 0. The fourth-order valence-corrected chi connectivity index (χ4v) is 1.43. The Morgan fingerprint density at radius 2 is 2.26 bits per heavy atom. The molecule has 1 heterocycles. The van der Waals surface area contributed by atoms with Crippen molar-refractivity contribution >= 4 is 17.3 Å². The maximum atomic E-state index is 12.6. The van der Waals surface area contributed by atoms with E-state index in [2.05, 4.69) is 9.72 Å². The van der Waals surface area contributed by atoms with E-state index in [9.17, 15) is 23.7 Å². The normalized spacial score (nSPS) is 10.5. The van der Waals surface area contributed by atoms with E-state index in [0.717, 1.165) is 6.20 Å². The number of hydrogen-bond acceptors (Lipinski definition) is 6. The first-order valence-corrected chi connectivity index (χ1v) is 5.23. The number of alkyl halides is 2. The quantitative estimate of drug-likeness (QED) is 0.497. The predicted molar refractivity (Wildman–Crippen MR) is 60.6 cm³/mol. The number of carbonyl (C=O) groups excluding carboxylic acids is 1. The van der Waals surface area contributed by atoms with Gasteiger partial charge in [-0.25, -0.2) is 8.78 Å². The van der Waals surface area contributed by atoms with Crippen molar-refractivity contribution in [1.29, 1.82) is 0 Å². The van der Waals surface area contributed by atoms with Crippen molar-refractivity contribution in [2.45, 2.75) is 19.8 Å². The highest BCUT2D eigenvalue weighted by Gasteiger charge is 2.27. The molecule has 0 aliphatic heterocycles. The van der Waals surface area contributed by atoms with Crippen LogP contribution in [0.3, 0.4) is 0 Å². The number of anilines is 1. The molecule has 104 valence electrons. The fraction of sp³-hybridized carbons (Fsp3) is 0.400. The number of pyridine rings is 1. The van der Waals surface area contributed by atoms with Crippen LogP contribution in [0.5, 0.6) is 0 Å². The molecule has 1 aromatic heterocycles. The Labute approximate surface area is 106 Å². The van der Waals surface area contributed by atoms with E-state index in [1.165, 1.54) is 0 Å². The second-order valence-electron chi connectivity index (χ2n) is 3.46. The highest BCUT2D eigenvalue weighted by Crippen LogP contribution is 2.33. The van der Waals surface area contributed by atoms with Crippen molar-refractivity contribution in [1.82, 2.24) is 4.98 Å². The van der Waals surface area contributed by atoms with Crippen LogP contribution in [-0.4, -0.2) is 22.5 Å². The molecule has 0 spiro atoms. The molecule has 9 heteroatoms. The lowest BCUT2D eigenvalue weighted by Gasteiger charge is -2.08. The molecule has 0 aromatic carbocycles. The van der Waals surface area contributed by atoms with Crippen LogP contribution in [0, 0.1) is 10.1 Å². The molecule has 1 rings (SSSR count). The molecule has 0 radical (unpaired) electrons. The largest absolute Gasteiger partial charge is 0.466 e. The van der Waals surface area contributed by atoms with Crippen molar-refractivity contribution in [3.63, 3.8) is 0 Å². The molecule has 0 saturated heterocycles. The Morgan fingerprint density at radius 3 is 2.74 bits per heavy atom. The SMILES string of the molecule is CCOC(=O)Cc1ncc(C(F)F)c(N)c1[N+](=O)[O-]. The van der Waals surface area contributed by atoms with Crippen LogP contribution in [0.2, 0.25) is 0 Å². The molecule has 19 heavy (non-hydrogen) atoms. The number of nitrogens with zero attached hydrogens (tertiary/aromatic N) is 2. The number of nitrogen functional groups attached to an aromatic ring is 1. The van der Waals surface area contributed by atoms with Gasteiger partial charge < -0.3 is 10.5 Å². The number of aromatic nitrogens is 1. The Hall–Kier alpha value is -2.32. The summed E-state index contributed by atoms with van der Waals surface area (Å²) >= 11 is 0. The molecule has 0 fully saturated rings. The van der Waals surface area contributed by atoms with Crippen molar-refractivity contribution in [2.24, 2.45) is 0 Å². The molecule has 7 nitrogen and oxygen atoms in total. The number of rotatable bonds is 5. The summed E-state index contributed by atoms with van der Waals surface area (Å²) in [5.41, 5.74) is 2.81. The van der Waals surface area contributed by atoms with Crippen molar-refractivity contribution < 1.29 is 23.2 Å². The summed E-state index contributed by atoms with van der Waals surface area (Å²) in [6.45, 7) is 1.66. The first-order valence-electron chi connectivity index (χ1n) is 5.23. The third-order valence-corrected chi connectivity index (χ3v) is 2.23. The summed E-state index contributed by atoms with van der Waals surface area (Å²) < 4.78 is 29.7. The van der Waals surface area contributed by atoms with E-state index in [0.29, 0.717) is 0 Å². The molecule has 0 saturated carbocycles. The van der Waals surface area contributed by atoms with Crippen molar-refractivity contribution in [3.8, 4) is 0 Å². The van der Waals surface area contributed by atoms with Gasteiger partial charge in [0.25, 0.3) is 6.43 Å². The number of esters is 1. The predicted octanol–water partition coefficient (Wildman–Crippen LogP) is 1.62. The van der Waals surface area contributed by atoms with Gasteiger partial charge in [-0.1, -0.05) is 0 Å². The molecule has 0 atom stereocenters. The van der Waals surface area contributed by atoms with Gasteiger partial charge >= 0.3 is 11.7 Å². The van der Waals surface area contributed by atoms with Gasteiger partial charge in [0.2, 0.25) is 0 Å². The molecule has 1 aromatic rings. The van der Waals surface area contributed by atoms with Gasteiger partial charge in [-0.15, -0.1) is 0 Å². The maximum Gasteiger partial charge on any atom is 0.314 e. The minimum Gasteiger partial charge on any atom is -0.466 e. The van der Waals surface area contributed by atoms with Crippen molar-refractivity contribution in [3.05, 3.63) is 27.6 Å². The third kappa shape index (κ3) is 3.33. The number of nitro groups is 1. The van der Waals surface area contributed by atoms with Gasteiger partial charge in [-0.3, -0.25) is 19.9 Å². The zero-order chi connectivity index (χ0) is 14.6. The van der Waals surface area contributed by atoms with Gasteiger partial charge in [0, 0.05) is 6.20 Å². The standard InChI is InChI=1S/C10H11F2N3O4/c1-2-19-7(16)3-6-9(15(17)18)8(13)5(4-14-6)10(11)12/h4,10H,2-3H2,1H3,(H2,13,14). The first-order chi connectivity index (χ1) is 8.88. The zero-order valence-electron chi connectivity index (χ0n) is 9.93. The summed E-state index contributed by atoms with van der Waals surface area (Å²) in [5.74, 6) is -0.748. The summed E-state index contributed by atoms with van der Waals surface area (Å²) in [4.78, 5) is 24.6. The van der Waals surface area contributed by atoms with Crippen molar-refractivity contribution in [2.75, 3.05) is 12.3 Å². The maximum absolute atomic E-state index is 12.6. The van der Waals surface area contributed by atoms with Gasteiger partial charge in [0.05, 0.1) is 23.5 Å². The minimum absolute atomic E-state index is 0.0945. The second kappa shape index (κ2) is 6.03. The van der Waals surface area contributed by atoms with E-state index in [1.54, 1.807) is 6.92 Å². The number of carbonyl (C=O) groups is 1. The van der Waals surface area contributed by atoms with E-state index in [1.807, 2.05) is 0 Å². The van der Waals surface area contributed by atoms with Crippen LogP contribution in [0.25, 0.3) is 0 Å². The molecule has 0 unspecified atom stereocenters. The van der Waals surface area contributed by atoms with E-state index in [4.69, 9.17) is 5.73 Å². The zero-order valence-corrected chi connectivity index (χ0v) is 9.93. The molecule has 0 aliphatic rings. The van der Waals surface area contributed by atoms with Gasteiger partial charge in [-0.2, -0.15) is 0 Å². The summed E-state index contributed by atoms with van der Waals surface area (Å²) in [6, 6.07) is 0. The number of ether oxygens (including phenoxy) is 1. The third-order valence-electron chi connectivity index (χ3n) is 2.23. The van der Waals surface area contributed by atoms with Crippen LogP contribution in [-0.2, 0) is 16.0 Å². The van der Waals surface area contributed by atoms with Gasteiger partial charge in [-0.05, 0) is 6.92 Å². The fourth-order valence-electron chi connectivity index (χ4n) is 1.43. The highest BCUT2D eigenvalue weighted by molar-refractivity contribution is 5.76. The highest BCUT2D eigenvalue weighted by atomic mass is 19.3. The number of halogens is 2. The van der Waals surface area contributed by atoms with E-state index >= 15 is 0 Å². The smallest absolute Gasteiger partial charge is 0.314 e. The van der Waals surface area contributed by atoms with E-state index in [-0.39, 0.29) is 12.3 Å². The monoisotopic (exact) mass is 275 g/mol. The Balaban J connectivity index is 3.22. The number of nitrogens with two attached hydrogens (primary N) is 1. The molecule has 0 amide bonds.